The second-order valence-electron chi connectivity index (χ2n) is 13.4. The minimum atomic E-state index is 1.12. The Kier molecular flexibility index (Phi) is 8.08. The first-order chi connectivity index (χ1) is 26.8. The van der Waals surface area contributed by atoms with Crippen molar-refractivity contribution in [2.24, 2.45) is 0 Å². The molecule has 1 aliphatic heterocycles. The number of hydrogen-bond donors (Lipinski definition) is 0. The van der Waals surface area contributed by atoms with Gasteiger partial charge in [-0.2, -0.15) is 0 Å². The van der Waals surface area contributed by atoms with Gasteiger partial charge >= 0.3 is 0 Å². The van der Waals surface area contributed by atoms with E-state index < -0.39 is 0 Å². The zero-order valence-corrected chi connectivity index (χ0v) is 30.3. The van der Waals surface area contributed by atoms with E-state index in [2.05, 4.69) is 227 Å². The van der Waals surface area contributed by atoms with Crippen molar-refractivity contribution in [1.29, 1.82) is 0 Å². The molecular weight excluding hydrogens is 675 g/mol. The average Bonchev–Trinajstić information content (AvgIpc) is 3.57. The summed E-state index contributed by atoms with van der Waals surface area (Å²) in [6.45, 7) is 0. The summed E-state index contributed by atoms with van der Waals surface area (Å²) in [5.41, 5.74) is 12.8. The van der Waals surface area contributed by atoms with E-state index in [1.54, 1.807) is 0 Å². The maximum atomic E-state index is 2.42. The zero-order valence-electron chi connectivity index (χ0n) is 29.5. The smallest absolute Gasteiger partial charge is 0.137 e. The van der Waals surface area contributed by atoms with Crippen molar-refractivity contribution < 1.29 is 0 Å². The maximum absolute atomic E-state index is 2.42. The minimum Gasteiger partial charge on any atom is -0.311 e. The van der Waals surface area contributed by atoms with Crippen molar-refractivity contribution in [3.63, 3.8) is 0 Å². The monoisotopic (exact) mass is 709 g/mol. The summed E-state index contributed by atoms with van der Waals surface area (Å²) >= 11 is 1.86. The molecule has 4 heteroatoms. The van der Waals surface area contributed by atoms with Crippen LogP contribution in [0.4, 0.5) is 34.3 Å². The van der Waals surface area contributed by atoms with Crippen LogP contribution in [0.15, 0.2) is 222 Å². The summed E-state index contributed by atoms with van der Waals surface area (Å²) in [4.78, 5) is 7.22. The van der Waals surface area contributed by atoms with E-state index in [1.165, 1.54) is 54.5 Å². The van der Waals surface area contributed by atoms with Gasteiger partial charge in [0.2, 0.25) is 0 Å². The standard InChI is InChI=1S/C50H35N3S/c1-5-15-40(16-6-1)51(41-17-7-2-8-18-41)44-32-29-37(30-33-44)36-25-27-38(28-26-36)39-31-34-46-45(35-39)49-50(52(46)42-19-9-3-10-20-42)53(43-21-11-4-12-22-43)47-23-13-14-24-48(47)54-49/h1-35H. The van der Waals surface area contributed by atoms with E-state index in [4.69, 9.17) is 0 Å². The van der Waals surface area contributed by atoms with E-state index in [0.29, 0.717) is 0 Å². The summed E-state index contributed by atoms with van der Waals surface area (Å²) in [7, 11) is 0. The average molecular weight is 710 g/mol. The van der Waals surface area contributed by atoms with Crippen molar-refractivity contribution in [2.75, 3.05) is 9.80 Å². The normalized spacial score (nSPS) is 12.0. The van der Waals surface area contributed by atoms with Crippen molar-refractivity contribution in [1.82, 2.24) is 4.57 Å². The Morgan fingerprint density at radius 2 is 0.852 bits per heavy atom. The Balaban J connectivity index is 1.03. The Labute approximate surface area is 320 Å². The molecule has 9 aromatic rings. The first-order valence-corrected chi connectivity index (χ1v) is 19.1. The summed E-state index contributed by atoms with van der Waals surface area (Å²) < 4.78 is 2.42. The summed E-state index contributed by atoms with van der Waals surface area (Å²) in [5, 5.41) is 1.24. The third-order valence-corrected chi connectivity index (χ3v) is 11.3. The molecular formula is C50H35N3S. The molecule has 0 bridgehead atoms. The molecule has 0 aliphatic carbocycles. The summed E-state index contributed by atoms with van der Waals surface area (Å²) in [6, 6.07) is 76.1. The molecule has 2 heterocycles. The molecule has 0 fully saturated rings. The van der Waals surface area contributed by atoms with E-state index in [9.17, 15) is 0 Å². The fraction of sp³-hybridized carbons (Fsp3) is 0. The van der Waals surface area contributed by atoms with Crippen molar-refractivity contribution in [2.45, 2.75) is 9.79 Å². The van der Waals surface area contributed by atoms with Gasteiger partial charge in [-0.3, -0.25) is 9.47 Å². The lowest BCUT2D eigenvalue weighted by Crippen LogP contribution is -2.17. The highest BCUT2D eigenvalue weighted by Gasteiger charge is 2.32. The third-order valence-electron chi connectivity index (χ3n) is 10.2. The predicted molar refractivity (Wildman–Crippen MR) is 228 cm³/mol. The SMILES string of the molecule is c1ccc(N(c2ccccc2)c2ccc(-c3ccc(-c4ccc5c(c4)c4c(n5-c5ccccc5)N(c5ccccc5)c5ccccc5S4)cc3)cc2)cc1. The van der Waals surface area contributed by atoms with Gasteiger partial charge in [-0.05, 0) is 107 Å². The fourth-order valence-electron chi connectivity index (χ4n) is 7.62. The third kappa shape index (κ3) is 5.65. The maximum Gasteiger partial charge on any atom is 0.137 e. The van der Waals surface area contributed by atoms with Gasteiger partial charge in [0.1, 0.15) is 5.82 Å². The molecule has 1 aliphatic rings. The van der Waals surface area contributed by atoms with Crippen LogP contribution in [0, 0.1) is 0 Å². The van der Waals surface area contributed by atoms with E-state index in [1.807, 2.05) is 11.8 Å². The van der Waals surface area contributed by atoms with E-state index in [0.717, 1.165) is 28.4 Å². The number of anilines is 6. The van der Waals surface area contributed by atoms with Crippen LogP contribution in [0.5, 0.6) is 0 Å². The summed E-state index contributed by atoms with van der Waals surface area (Å²) in [6.07, 6.45) is 0. The Hall–Kier alpha value is -6.75. The zero-order chi connectivity index (χ0) is 35.8. The molecule has 0 N–H and O–H groups in total. The fourth-order valence-corrected chi connectivity index (χ4v) is 8.80. The van der Waals surface area contributed by atoms with Gasteiger partial charge in [-0.1, -0.05) is 139 Å². The van der Waals surface area contributed by atoms with E-state index >= 15 is 0 Å². The molecule has 10 rings (SSSR count). The van der Waals surface area contributed by atoms with Gasteiger partial charge in [0, 0.05) is 38.7 Å². The minimum absolute atomic E-state index is 1.12. The Bertz CT molecular complexity index is 2670. The van der Waals surface area contributed by atoms with Crippen LogP contribution < -0.4 is 9.80 Å². The van der Waals surface area contributed by atoms with Gasteiger partial charge in [0.15, 0.2) is 0 Å². The molecule has 1 aromatic heterocycles. The highest BCUT2D eigenvalue weighted by atomic mass is 32.2. The summed E-state index contributed by atoms with van der Waals surface area (Å²) in [5.74, 6) is 1.17. The van der Waals surface area contributed by atoms with Gasteiger partial charge in [0.05, 0.1) is 16.1 Å². The van der Waals surface area contributed by atoms with Crippen LogP contribution in [0.25, 0.3) is 38.8 Å². The van der Waals surface area contributed by atoms with Crippen LogP contribution in [0.3, 0.4) is 0 Å². The van der Waals surface area contributed by atoms with Gasteiger partial charge in [-0.15, -0.1) is 0 Å². The second kappa shape index (κ2) is 13.7. The van der Waals surface area contributed by atoms with Crippen molar-refractivity contribution in [3.8, 4) is 27.9 Å². The largest absolute Gasteiger partial charge is 0.311 e. The number of nitrogens with zero attached hydrogens (tertiary/aromatic N) is 3. The second-order valence-corrected chi connectivity index (χ2v) is 14.5. The van der Waals surface area contributed by atoms with Crippen LogP contribution >= 0.6 is 11.8 Å². The molecule has 0 spiro atoms. The molecule has 0 amide bonds. The topological polar surface area (TPSA) is 11.4 Å². The number of aromatic nitrogens is 1. The highest BCUT2D eigenvalue weighted by molar-refractivity contribution is 8.00. The van der Waals surface area contributed by atoms with Gasteiger partial charge in [-0.25, -0.2) is 0 Å². The lowest BCUT2D eigenvalue weighted by atomic mass is 9.99. The molecule has 8 aromatic carbocycles. The predicted octanol–water partition coefficient (Wildman–Crippen LogP) is 14.4. The van der Waals surface area contributed by atoms with Crippen LogP contribution in [-0.2, 0) is 0 Å². The van der Waals surface area contributed by atoms with Crippen molar-refractivity contribution in [3.05, 3.63) is 212 Å². The first kappa shape index (κ1) is 31.9. The van der Waals surface area contributed by atoms with E-state index in [-0.39, 0.29) is 0 Å². The number of para-hydroxylation sites is 5. The Morgan fingerprint density at radius 3 is 1.46 bits per heavy atom. The number of benzene rings is 8. The van der Waals surface area contributed by atoms with Crippen LogP contribution in [-0.4, -0.2) is 4.57 Å². The van der Waals surface area contributed by atoms with Crippen LogP contribution in [0.2, 0.25) is 0 Å². The lowest BCUT2D eigenvalue weighted by molar-refractivity contribution is 1.03. The molecule has 3 nitrogen and oxygen atoms in total. The molecule has 0 unspecified atom stereocenters. The number of fused-ring (bicyclic) bond motifs is 4. The van der Waals surface area contributed by atoms with Crippen LogP contribution in [0.1, 0.15) is 0 Å². The van der Waals surface area contributed by atoms with Gasteiger partial charge < -0.3 is 4.90 Å². The molecule has 256 valence electrons. The quantitative estimate of drug-likeness (QED) is 0.163. The number of rotatable bonds is 7. The first-order valence-electron chi connectivity index (χ1n) is 18.3. The highest BCUT2D eigenvalue weighted by Crippen LogP contribution is 2.56. The molecule has 0 saturated carbocycles. The molecule has 0 radical (unpaired) electrons. The molecule has 54 heavy (non-hydrogen) atoms. The van der Waals surface area contributed by atoms with Crippen molar-refractivity contribution >= 4 is 56.9 Å². The Morgan fingerprint density at radius 1 is 0.389 bits per heavy atom. The van der Waals surface area contributed by atoms with Gasteiger partial charge in [0.25, 0.3) is 0 Å². The number of hydrogen-bond acceptors (Lipinski definition) is 3. The lowest BCUT2D eigenvalue weighted by Gasteiger charge is -2.32. The molecule has 0 atom stereocenters. The molecule has 0 saturated heterocycles.